The number of aryl methyl sites for hydroxylation is 1. The summed E-state index contributed by atoms with van der Waals surface area (Å²) in [5, 5.41) is 3.34. The van der Waals surface area contributed by atoms with Gasteiger partial charge in [-0.05, 0) is 31.0 Å². The van der Waals surface area contributed by atoms with E-state index in [2.05, 4.69) is 5.32 Å². The summed E-state index contributed by atoms with van der Waals surface area (Å²) in [6.45, 7) is 4.03. The van der Waals surface area contributed by atoms with Gasteiger partial charge in [0, 0.05) is 17.8 Å². The summed E-state index contributed by atoms with van der Waals surface area (Å²) in [5.41, 5.74) is 3.73. The van der Waals surface area contributed by atoms with Crippen molar-refractivity contribution < 1.29 is 9.59 Å². The van der Waals surface area contributed by atoms with Crippen LogP contribution in [0.2, 0.25) is 0 Å². The van der Waals surface area contributed by atoms with E-state index in [1.165, 1.54) is 6.92 Å². The summed E-state index contributed by atoms with van der Waals surface area (Å²) in [7, 11) is 0. The molecule has 2 aromatic carbocycles. The molecule has 2 rings (SSSR count). The van der Waals surface area contributed by atoms with Gasteiger partial charge in [-0.25, -0.2) is 0 Å². The highest BCUT2D eigenvalue weighted by molar-refractivity contribution is 6.08. The molecule has 0 aliphatic heterocycles. The quantitative estimate of drug-likeness (QED) is 0.647. The largest absolute Gasteiger partial charge is 0.381 e. The summed E-state index contributed by atoms with van der Waals surface area (Å²) in [4.78, 5) is 23.2. The molecule has 0 radical (unpaired) electrons. The number of Topliss-reactive ketones (excluding diaryl/α,β-unsaturated/α-hetero) is 2. The normalized spacial score (nSPS) is 10.2. The van der Waals surface area contributed by atoms with Crippen molar-refractivity contribution in [3.05, 3.63) is 65.2 Å². The Morgan fingerprint density at radius 1 is 1.00 bits per heavy atom. The second-order valence-electron chi connectivity index (χ2n) is 5.13. The predicted octanol–water partition coefficient (Wildman–Crippen LogP) is 3.77. The molecular weight excluding hydrogens is 262 g/mol. The molecule has 0 unspecified atom stereocenters. The zero-order valence-corrected chi connectivity index (χ0v) is 12.3. The maximum atomic E-state index is 12.1. The molecule has 0 saturated heterocycles. The SMILES string of the molecule is CC(=O)CC(=O)c1ccccc1CNc1ccccc1C. The molecule has 108 valence electrons. The van der Waals surface area contributed by atoms with Crippen LogP contribution in [0.15, 0.2) is 48.5 Å². The molecular formula is C18H19NO2. The average Bonchev–Trinajstić information content (AvgIpc) is 2.46. The molecule has 0 amide bonds. The van der Waals surface area contributed by atoms with Crippen molar-refractivity contribution in [1.82, 2.24) is 0 Å². The van der Waals surface area contributed by atoms with E-state index in [-0.39, 0.29) is 18.0 Å². The first-order valence-electron chi connectivity index (χ1n) is 6.98. The minimum Gasteiger partial charge on any atom is -0.381 e. The lowest BCUT2D eigenvalue weighted by Crippen LogP contribution is -2.10. The van der Waals surface area contributed by atoms with Gasteiger partial charge in [0.15, 0.2) is 5.78 Å². The van der Waals surface area contributed by atoms with Crippen LogP contribution >= 0.6 is 0 Å². The number of anilines is 1. The Kier molecular flexibility index (Phi) is 4.88. The van der Waals surface area contributed by atoms with E-state index >= 15 is 0 Å². The molecule has 0 fully saturated rings. The molecule has 0 heterocycles. The molecule has 0 atom stereocenters. The smallest absolute Gasteiger partial charge is 0.170 e. The first-order chi connectivity index (χ1) is 10.1. The lowest BCUT2D eigenvalue weighted by molar-refractivity contribution is -0.116. The highest BCUT2D eigenvalue weighted by Crippen LogP contribution is 2.17. The van der Waals surface area contributed by atoms with Crippen LogP contribution in [0.25, 0.3) is 0 Å². The van der Waals surface area contributed by atoms with Crippen molar-refractivity contribution in [1.29, 1.82) is 0 Å². The first-order valence-corrected chi connectivity index (χ1v) is 6.98. The van der Waals surface area contributed by atoms with Crippen molar-refractivity contribution in [2.24, 2.45) is 0 Å². The molecule has 0 aliphatic carbocycles. The lowest BCUT2D eigenvalue weighted by Gasteiger charge is -2.12. The van der Waals surface area contributed by atoms with Crippen molar-refractivity contribution >= 4 is 17.3 Å². The fraction of sp³-hybridized carbons (Fsp3) is 0.222. The number of nitrogens with one attached hydrogen (secondary N) is 1. The van der Waals surface area contributed by atoms with E-state index in [1.807, 2.05) is 49.4 Å². The fourth-order valence-electron chi connectivity index (χ4n) is 2.23. The van der Waals surface area contributed by atoms with Gasteiger partial charge in [-0.1, -0.05) is 42.5 Å². The number of benzene rings is 2. The van der Waals surface area contributed by atoms with Gasteiger partial charge in [0.2, 0.25) is 0 Å². The molecule has 3 heteroatoms. The summed E-state index contributed by atoms with van der Waals surface area (Å²) in [6, 6.07) is 15.4. The second-order valence-corrected chi connectivity index (χ2v) is 5.13. The third-order valence-corrected chi connectivity index (χ3v) is 3.34. The topological polar surface area (TPSA) is 46.2 Å². The van der Waals surface area contributed by atoms with E-state index in [0.29, 0.717) is 12.1 Å². The number of carbonyl (C=O) groups is 2. The monoisotopic (exact) mass is 281 g/mol. The summed E-state index contributed by atoms with van der Waals surface area (Å²) < 4.78 is 0. The number of hydrogen-bond acceptors (Lipinski definition) is 3. The number of para-hydroxylation sites is 1. The van der Waals surface area contributed by atoms with Gasteiger partial charge in [0.1, 0.15) is 5.78 Å². The van der Waals surface area contributed by atoms with Crippen LogP contribution in [-0.2, 0) is 11.3 Å². The standard InChI is InChI=1S/C18H19NO2/c1-13-7-3-6-10-17(13)19-12-15-8-4-5-9-16(15)18(21)11-14(2)20/h3-10,19H,11-12H2,1-2H3. The third kappa shape index (κ3) is 4.02. The van der Waals surface area contributed by atoms with Crippen LogP contribution in [0.5, 0.6) is 0 Å². The zero-order valence-electron chi connectivity index (χ0n) is 12.3. The molecule has 3 nitrogen and oxygen atoms in total. The number of ketones is 2. The summed E-state index contributed by atoms with van der Waals surface area (Å²) in [6.07, 6.45) is -0.0403. The van der Waals surface area contributed by atoms with Crippen LogP contribution in [-0.4, -0.2) is 11.6 Å². The highest BCUT2D eigenvalue weighted by Gasteiger charge is 2.12. The van der Waals surface area contributed by atoms with E-state index < -0.39 is 0 Å². The van der Waals surface area contributed by atoms with Crippen molar-refractivity contribution in [3.8, 4) is 0 Å². The van der Waals surface area contributed by atoms with Crippen molar-refractivity contribution in [3.63, 3.8) is 0 Å². The van der Waals surface area contributed by atoms with Gasteiger partial charge in [-0.3, -0.25) is 9.59 Å². The second kappa shape index (κ2) is 6.84. The first kappa shape index (κ1) is 15.0. The van der Waals surface area contributed by atoms with Gasteiger partial charge in [-0.2, -0.15) is 0 Å². The lowest BCUT2D eigenvalue weighted by atomic mass is 10.0. The fourth-order valence-corrected chi connectivity index (χ4v) is 2.23. The average molecular weight is 281 g/mol. The molecule has 21 heavy (non-hydrogen) atoms. The Hall–Kier alpha value is -2.42. The van der Waals surface area contributed by atoms with E-state index in [0.717, 1.165) is 16.8 Å². The van der Waals surface area contributed by atoms with Gasteiger partial charge in [-0.15, -0.1) is 0 Å². The minimum absolute atomic E-state index is 0.0403. The van der Waals surface area contributed by atoms with E-state index in [9.17, 15) is 9.59 Å². The Bertz CT molecular complexity index is 662. The van der Waals surface area contributed by atoms with Crippen LogP contribution in [0.4, 0.5) is 5.69 Å². The predicted molar refractivity (Wildman–Crippen MR) is 84.6 cm³/mol. The van der Waals surface area contributed by atoms with Gasteiger partial charge in [0.05, 0.1) is 6.42 Å². The zero-order chi connectivity index (χ0) is 15.2. The van der Waals surface area contributed by atoms with Crippen molar-refractivity contribution in [2.75, 3.05) is 5.32 Å². The van der Waals surface area contributed by atoms with Crippen LogP contribution < -0.4 is 5.32 Å². The van der Waals surface area contributed by atoms with Crippen LogP contribution in [0.3, 0.4) is 0 Å². The maximum Gasteiger partial charge on any atom is 0.170 e. The third-order valence-electron chi connectivity index (χ3n) is 3.34. The molecule has 0 saturated carbocycles. The highest BCUT2D eigenvalue weighted by atomic mass is 16.1. The van der Waals surface area contributed by atoms with Gasteiger partial charge in [0.25, 0.3) is 0 Å². The van der Waals surface area contributed by atoms with Gasteiger partial charge >= 0.3 is 0 Å². The van der Waals surface area contributed by atoms with Gasteiger partial charge < -0.3 is 5.32 Å². The van der Waals surface area contributed by atoms with E-state index in [1.54, 1.807) is 6.07 Å². The van der Waals surface area contributed by atoms with Crippen LogP contribution in [0.1, 0.15) is 34.8 Å². The Morgan fingerprint density at radius 2 is 1.67 bits per heavy atom. The Labute approximate surface area is 125 Å². The van der Waals surface area contributed by atoms with E-state index in [4.69, 9.17) is 0 Å². The number of hydrogen-bond donors (Lipinski definition) is 1. The molecule has 0 aromatic heterocycles. The molecule has 2 aromatic rings. The molecule has 0 spiro atoms. The summed E-state index contributed by atoms with van der Waals surface area (Å²) >= 11 is 0. The minimum atomic E-state index is -0.121. The summed E-state index contributed by atoms with van der Waals surface area (Å²) in [5.74, 6) is -0.230. The molecule has 1 N–H and O–H groups in total. The number of rotatable bonds is 6. The maximum absolute atomic E-state index is 12.1. The van der Waals surface area contributed by atoms with Crippen LogP contribution in [0, 0.1) is 6.92 Å². The van der Waals surface area contributed by atoms with Crippen molar-refractivity contribution in [2.45, 2.75) is 26.8 Å². The molecule has 0 aliphatic rings. The Balaban J connectivity index is 2.15. The number of carbonyl (C=O) groups excluding carboxylic acids is 2. The molecule has 0 bridgehead atoms. The Morgan fingerprint density at radius 3 is 2.38 bits per heavy atom.